The minimum absolute atomic E-state index is 0.544. The summed E-state index contributed by atoms with van der Waals surface area (Å²) in [6.07, 6.45) is 6.68. The zero-order valence-electron chi connectivity index (χ0n) is 10.8. The van der Waals surface area contributed by atoms with E-state index in [0.717, 1.165) is 31.1 Å². The van der Waals surface area contributed by atoms with Gasteiger partial charge >= 0.3 is 0 Å². The van der Waals surface area contributed by atoms with Crippen molar-refractivity contribution >= 4 is 11.6 Å². The van der Waals surface area contributed by atoms with Crippen molar-refractivity contribution in [1.82, 2.24) is 9.97 Å². The summed E-state index contributed by atoms with van der Waals surface area (Å²) in [5.41, 5.74) is 0.544. The molecule has 0 amide bonds. The first-order valence-corrected chi connectivity index (χ1v) is 6.58. The zero-order valence-corrected chi connectivity index (χ0v) is 10.8. The Kier molecular flexibility index (Phi) is 3.82. The molecule has 4 heteroatoms. The second-order valence-electron chi connectivity index (χ2n) is 4.92. The molecular formula is C13H22N4. The van der Waals surface area contributed by atoms with Crippen LogP contribution in [0.25, 0.3) is 0 Å². The third kappa shape index (κ3) is 3.32. The molecule has 2 rings (SSSR count). The molecule has 0 saturated heterocycles. The van der Waals surface area contributed by atoms with Gasteiger partial charge in [-0.3, -0.25) is 0 Å². The fraction of sp³-hybridized carbons (Fsp3) is 0.692. The van der Waals surface area contributed by atoms with Crippen molar-refractivity contribution < 1.29 is 0 Å². The van der Waals surface area contributed by atoms with Gasteiger partial charge in [0.15, 0.2) is 0 Å². The highest BCUT2D eigenvalue weighted by Crippen LogP contribution is 2.48. The van der Waals surface area contributed by atoms with E-state index in [0.29, 0.717) is 5.41 Å². The Balaban J connectivity index is 1.87. The molecule has 4 nitrogen and oxygen atoms in total. The lowest BCUT2D eigenvalue weighted by Gasteiger charge is -2.14. The molecule has 0 radical (unpaired) electrons. The second-order valence-corrected chi connectivity index (χ2v) is 4.92. The largest absolute Gasteiger partial charge is 0.370 e. The van der Waals surface area contributed by atoms with E-state index in [9.17, 15) is 0 Å². The van der Waals surface area contributed by atoms with Gasteiger partial charge in [0, 0.05) is 19.2 Å². The van der Waals surface area contributed by atoms with Crippen LogP contribution >= 0.6 is 0 Å². The summed E-state index contributed by atoms with van der Waals surface area (Å²) in [4.78, 5) is 8.45. The monoisotopic (exact) mass is 234 g/mol. The van der Waals surface area contributed by atoms with Crippen molar-refractivity contribution in [3.63, 3.8) is 0 Å². The molecule has 1 saturated carbocycles. The number of hydrogen-bond donors (Lipinski definition) is 2. The van der Waals surface area contributed by atoms with Crippen LogP contribution < -0.4 is 10.6 Å². The number of rotatable bonds is 7. The Morgan fingerprint density at radius 3 is 2.47 bits per heavy atom. The molecule has 1 aliphatic rings. The fourth-order valence-electron chi connectivity index (χ4n) is 1.91. The maximum Gasteiger partial charge on any atom is 0.131 e. The maximum absolute atomic E-state index is 4.25. The molecule has 1 aliphatic carbocycles. The standard InChI is InChI=1S/C13H22N4/c1-3-7-14-11-8-12(17-10-16-11)15-9-13(4-2)5-6-13/h8,10H,3-7,9H2,1-2H3,(H2,14,15,16,17). The van der Waals surface area contributed by atoms with E-state index in [2.05, 4.69) is 34.4 Å². The fourth-order valence-corrected chi connectivity index (χ4v) is 1.91. The molecule has 1 fully saturated rings. The van der Waals surface area contributed by atoms with Crippen LogP contribution in [0, 0.1) is 5.41 Å². The molecule has 94 valence electrons. The van der Waals surface area contributed by atoms with Gasteiger partial charge < -0.3 is 10.6 Å². The van der Waals surface area contributed by atoms with Crippen LogP contribution in [0.3, 0.4) is 0 Å². The van der Waals surface area contributed by atoms with Crippen LogP contribution in [-0.4, -0.2) is 23.1 Å². The third-order valence-electron chi connectivity index (χ3n) is 3.57. The van der Waals surface area contributed by atoms with Gasteiger partial charge in [-0.05, 0) is 31.1 Å². The lowest BCUT2D eigenvalue weighted by atomic mass is 10.0. The Bertz CT molecular complexity index is 360. The quantitative estimate of drug-likeness (QED) is 0.761. The molecular weight excluding hydrogens is 212 g/mol. The number of anilines is 2. The average molecular weight is 234 g/mol. The third-order valence-corrected chi connectivity index (χ3v) is 3.57. The van der Waals surface area contributed by atoms with E-state index in [-0.39, 0.29) is 0 Å². The van der Waals surface area contributed by atoms with Crippen LogP contribution in [-0.2, 0) is 0 Å². The molecule has 0 aliphatic heterocycles. The summed E-state index contributed by atoms with van der Waals surface area (Å²) in [6, 6.07) is 1.99. The van der Waals surface area contributed by atoms with Gasteiger partial charge in [-0.2, -0.15) is 0 Å². The van der Waals surface area contributed by atoms with Crippen molar-refractivity contribution in [3.8, 4) is 0 Å². The predicted molar refractivity (Wildman–Crippen MR) is 71.3 cm³/mol. The van der Waals surface area contributed by atoms with E-state index >= 15 is 0 Å². The lowest BCUT2D eigenvalue weighted by Crippen LogP contribution is -2.15. The minimum Gasteiger partial charge on any atom is -0.370 e. The summed E-state index contributed by atoms with van der Waals surface area (Å²) in [6.45, 7) is 6.40. The van der Waals surface area contributed by atoms with Gasteiger partial charge in [0.25, 0.3) is 0 Å². The maximum atomic E-state index is 4.25. The summed E-state index contributed by atoms with van der Waals surface area (Å²) in [5.74, 6) is 1.84. The van der Waals surface area contributed by atoms with Crippen molar-refractivity contribution in [2.24, 2.45) is 5.41 Å². The highest BCUT2D eigenvalue weighted by Gasteiger charge is 2.40. The second kappa shape index (κ2) is 5.34. The number of aromatic nitrogens is 2. The molecule has 0 spiro atoms. The number of nitrogens with one attached hydrogen (secondary N) is 2. The Hall–Kier alpha value is -1.32. The molecule has 0 unspecified atom stereocenters. The van der Waals surface area contributed by atoms with Crippen LogP contribution in [0.2, 0.25) is 0 Å². The summed E-state index contributed by atoms with van der Waals surface area (Å²) in [5, 5.41) is 6.69. The molecule has 0 aromatic carbocycles. The van der Waals surface area contributed by atoms with Crippen molar-refractivity contribution in [2.75, 3.05) is 23.7 Å². The first-order valence-electron chi connectivity index (χ1n) is 6.58. The first-order chi connectivity index (χ1) is 8.28. The molecule has 1 heterocycles. The van der Waals surface area contributed by atoms with Gasteiger partial charge in [0.1, 0.15) is 18.0 Å². The van der Waals surface area contributed by atoms with Gasteiger partial charge in [0.05, 0.1) is 0 Å². The average Bonchev–Trinajstić information content (AvgIpc) is 3.15. The molecule has 0 atom stereocenters. The summed E-state index contributed by atoms with van der Waals surface area (Å²) in [7, 11) is 0. The van der Waals surface area contributed by atoms with Gasteiger partial charge in [-0.1, -0.05) is 13.8 Å². The molecule has 1 aromatic heterocycles. The Morgan fingerprint density at radius 1 is 1.18 bits per heavy atom. The van der Waals surface area contributed by atoms with Crippen LogP contribution in [0.1, 0.15) is 39.5 Å². The Morgan fingerprint density at radius 2 is 1.88 bits per heavy atom. The van der Waals surface area contributed by atoms with E-state index in [1.807, 2.05) is 6.07 Å². The highest BCUT2D eigenvalue weighted by atomic mass is 15.1. The summed E-state index contributed by atoms with van der Waals surface area (Å²) < 4.78 is 0. The van der Waals surface area contributed by atoms with E-state index in [1.54, 1.807) is 6.33 Å². The van der Waals surface area contributed by atoms with Crippen LogP contribution in [0.15, 0.2) is 12.4 Å². The highest BCUT2D eigenvalue weighted by molar-refractivity contribution is 5.46. The Labute approximate surface area is 103 Å². The smallest absolute Gasteiger partial charge is 0.131 e. The van der Waals surface area contributed by atoms with E-state index in [1.165, 1.54) is 19.3 Å². The minimum atomic E-state index is 0.544. The lowest BCUT2D eigenvalue weighted by molar-refractivity contribution is 0.520. The van der Waals surface area contributed by atoms with Crippen molar-refractivity contribution in [3.05, 3.63) is 12.4 Å². The zero-order chi connectivity index (χ0) is 12.1. The topological polar surface area (TPSA) is 49.8 Å². The van der Waals surface area contributed by atoms with Crippen molar-refractivity contribution in [2.45, 2.75) is 39.5 Å². The molecule has 0 bridgehead atoms. The van der Waals surface area contributed by atoms with Gasteiger partial charge in [-0.15, -0.1) is 0 Å². The van der Waals surface area contributed by atoms with E-state index in [4.69, 9.17) is 0 Å². The normalized spacial score (nSPS) is 16.6. The number of nitrogens with zero attached hydrogens (tertiary/aromatic N) is 2. The SMILES string of the molecule is CCCNc1cc(NCC2(CC)CC2)ncn1. The van der Waals surface area contributed by atoms with Gasteiger partial charge in [0.2, 0.25) is 0 Å². The van der Waals surface area contributed by atoms with Crippen LogP contribution in [0.5, 0.6) is 0 Å². The molecule has 2 N–H and O–H groups in total. The van der Waals surface area contributed by atoms with Gasteiger partial charge in [-0.25, -0.2) is 9.97 Å². The van der Waals surface area contributed by atoms with Crippen LogP contribution in [0.4, 0.5) is 11.6 Å². The molecule has 1 aromatic rings. The predicted octanol–water partition coefficient (Wildman–Crippen LogP) is 2.90. The summed E-state index contributed by atoms with van der Waals surface area (Å²) >= 11 is 0. The van der Waals surface area contributed by atoms with E-state index < -0.39 is 0 Å². The molecule has 17 heavy (non-hydrogen) atoms. The van der Waals surface area contributed by atoms with Crippen molar-refractivity contribution in [1.29, 1.82) is 0 Å². The first kappa shape index (κ1) is 12.1. The number of hydrogen-bond acceptors (Lipinski definition) is 4.